The Morgan fingerprint density at radius 1 is 1.64 bits per heavy atom. The van der Waals surface area contributed by atoms with Gasteiger partial charge in [0, 0.05) is 0 Å². The van der Waals surface area contributed by atoms with Crippen LogP contribution in [0.4, 0.5) is 0 Å². The zero-order valence-electron chi connectivity index (χ0n) is 6.78. The monoisotopic (exact) mass is 162 g/mol. The third kappa shape index (κ3) is 1.90. The third-order valence-electron chi connectivity index (χ3n) is 1.83. The van der Waals surface area contributed by atoms with Gasteiger partial charge in [-0.3, -0.25) is 0 Å². The van der Waals surface area contributed by atoms with Crippen molar-refractivity contribution in [3.8, 4) is 0 Å². The summed E-state index contributed by atoms with van der Waals surface area (Å²) < 4.78 is 10.2. The Kier molecular flexibility index (Phi) is 2.49. The van der Waals surface area contributed by atoms with Gasteiger partial charge in [-0.2, -0.15) is 0 Å². The molecular formula is C7H14O4. The predicted octanol–water partition coefficient (Wildman–Crippen LogP) is -0.509. The molecule has 0 amide bonds. The molecule has 4 heteroatoms. The van der Waals surface area contributed by atoms with Crippen LogP contribution in [0.2, 0.25) is 0 Å². The molecule has 0 radical (unpaired) electrons. The van der Waals surface area contributed by atoms with Crippen LogP contribution < -0.4 is 0 Å². The third-order valence-corrected chi connectivity index (χ3v) is 1.83. The smallest absolute Gasteiger partial charge is 0.155 e. The Balaban J connectivity index is 2.56. The van der Waals surface area contributed by atoms with Crippen molar-refractivity contribution in [2.24, 2.45) is 0 Å². The molecule has 0 bridgehead atoms. The van der Waals surface area contributed by atoms with E-state index in [9.17, 15) is 5.11 Å². The van der Waals surface area contributed by atoms with Gasteiger partial charge in [0.1, 0.15) is 11.7 Å². The number of hydrogen-bond acceptors (Lipinski definition) is 4. The molecule has 0 unspecified atom stereocenters. The summed E-state index contributed by atoms with van der Waals surface area (Å²) in [5.41, 5.74) is -1.07. The van der Waals surface area contributed by atoms with E-state index in [2.05, 4.69) is 0 Å². The maximum Gasteiger partial charge on any atom is 0.155 e. The lowest BCUT2D eigenvalue weighted by Crippen LogP contribution is -2.53. The number of hydrogen-bond donors (Lipinski definition) is 2. The van der Waals surface area contributed by atoms with E-state index in [1.54, 1.807) is 13.8 Å². The first kappa shape index (κ1) is 8.93. The minimum atomic E-state index is -1.07. The SMILES string of the molecule is C[C@@H]1OC[C@@](C)(O)[C@@H](CO)O1. The van der Waals surface area contributed by atoms with Crippen molar-refractivity contribution in [1.82, 2.24) is 0 Å². The molecule has 1 aliphatic rings. The quantitative estimate of drug-likeness (QED) is 0.545. The molecule has 1 rings (SSSR count). The normalized spacial score (nSPS) is 45.8. The van der Waals surface area contributed by atoms with Gasteiger partial charge in [0.25, 0.3) is 0 Å². The van der Waals surface area contributed by atoms with E-state index in [1.807, 2.05) is 0 Å². The van der Waals surface area contributed by atoms with E-state index in [0.29, 0.717) is 0 Å². The molecule has 1 fully saturated rings. The fourth-order valence-electron chi connectivity index (χ4n) is 1.04. The van der Waals surface area contributed by atoms with Crippen LogP contribution in [0.25, 0.3) is 0 Å². The van der Waals surface area contributed by atoms with Crippen LogP contribution in [0.1, 0.15) is 13.8 Å². The Labute approximate surface area is 65.7 Å². The van der Waals surface area contributed by atoms with Crippen LogP contribution in [0, 0.1) is 0 Å². The lowest BCUT2D eigenvalue weighted by atomic mass is 10.00. The molecule has 3 atom stereocenters. The van der Waals surface area contributed by atoms with Gasteiger partial charge < -0.3 is 19.7 Å². The molecule has 4 nitrogen and oxygen atoms in total. The van der Waals surface area contributed by atoms with Crippen LogP contribution in [0.3, 0.4) is 0 Å². The van der Waals surface area contributed by atoms with Gasteiger partial charge in [0.15, 0.2) is 6.29 Å². The van der Waals surface area contributed by atoms with Gasteiger partial charge >= 0.3 is 0 Å². The minimum absolute atomic E-state index is 0.180. The summed E-state index contributed by atoms with van der Waals surface area (Å²) >= 11 is 0. The summed E-state index contributed by atoms with van der Waals surface area (Å²) in [5.74, 6) is 0. The summed E-state index contributed by atoms with van der Waals surface area (Å²) in [6, 6.07) is 0. The van der Waals surface area contributed by atoms with E-state index in [1.165, 1.54) is 0 Å². The van der Waals surface area contributed by atoms with Crippen LogP contribution in [-0.4, -0.2) is 41.4 Å². The van der Waals surface area contributed by atoms with Crippen LogP contribution in [0.5, 0.6) is 0 Å². The highest BCUT2D eigenvalue weighted by atomic mass is 16.7. The largest absolute Gasteiger partial charge is 0.394 e. The number of ether oxygens (including phenoxy) is 2. The fourth-order valence-corrected chi connectivity index (χ4v) is 1.04. The molecule has 11 heavy (non-hydrogen) atoms. The first-order valence-corrected chi connectivity index (χ1v) is 3.66. The van der Waals surface area contributed by atoms with Crippen molar-refractivity contribution < 1.29 is 19.7 Å². The molecule has 0 saturated carbocycles. The highest BCUT2D eigenvalue weighted by Crippen LogP contribution is 2.21. The topological polar surface area (TPSA) is 58.9 Å². The Bertz CT molecular complexity index is 134. The Hall–Kier alpha value is -0.160. The lowest BCUT2D eigenvalue weighted by molar-refractivity contribution is -0.283. The Morgan fingerprint density at radius 2 is 2.27 bits per heavy atom. The number of aliphatic hydroxyl groups is 2. The van der Waals surface area contributed by atoms with Crippen molar-refractivity contribution in [3.05, 3.63) is 0 Å². The second kappa shape index (κ2) is 3.06. The molecule has 1 heterocycles. The fraction of sp³-hybridized carbons (Fsp3) is 1.00. The summed E-state index contributed by atoms with van der Waals surface area (Å²) in [4.78, 5) is 0. The zero-order valence-corrected chi connectivity index (χ0v) is 6.78. The van der Waals surface area contributed by atoms with Gasteiger partial charge in [-0.25, -0.2) is 0 Å². The van der Waals surface area contributed by atoms with E-state index < -0.39 is 11.7 Å². The molecule has 0 spiro atoms. The predicted molar refractivity (Wildman–Crippen MR) is 38.0 cm³/mol. The molecule has 0 aromatic heterocycles. The number of rotatable bonds is 1. The van der Waals surface area contributed by atoms with E-state index >= 15 is 0 Å². The molecular weight excluding hydrogens is 148 g/mol. The Morgan fingerprint density at radius 3 is 2.73 bits per heavy atom. The second-order valence-electron chi connectivity index (χ2n) is 3.04. The lowest BCUT2D eigenvalue weighted by Gasteiger charge is -2.38. The molecule has 66 valence electrons. The molecule has 0 aromatic carbocycles. The van der Waals surface area contributed by atoms with E-state index in [4.69, 9.17) is 14.6 Å². The summed E-state index contributed by atoms with van der Waals surface area (Å²) in [6.07, 6.45) is -0.876. The van der Waals surface area contributed by atoms with Gasteiger partial charge in [-0.15, -0.1) is 0 Å². The zero-order chi connectivity index (χ0) is 8.48. The highest BCUT2D eigenvalue weighted by Gasteiger charge is 2.38. The summed E-state index contributed by atoms with van der Waals surface area (Å²) in [7, 11) is 0. The van der Waals surface area contributed by atoms with Crippen molar-refractivity contribution in [3.63, 3.8) is 0 Å². The van der Waals surface area contributed by atoms with Crippen LogP contribution in [-0.2, 0) is 9.47 Å². The maximum atomic E-state index is 9.54. The van der Waals surface area contributed by atoms with Gasteiger partial charge in [-0.1, -0.05) is 0 Å². The van der Waals surface area contributed by atoms with Crippen molar-refractivity contribution in [2.75, 3.05) is 13.2 Å². The van der Waals surface area contributed by atoms with E-state index in [-0.39, 0.29) is 19.5 Å². The minimum Gasteiger partial charge on any atom is -0.394 e. The van der Waals surface area contributed by atoms with Crippen LogP contribution >= 0.6 is 0 Å². The number of aliphatic hydroxyl groups excluding tert-OH is 1. The first-order valence-electron chi connectivity index (χ1n) is 3.66. The van der Waals surface area contributed by atoms with Gasteiger partial charge in [-0.05, 0) is 13.8 Å². The average Bonchev–Trinajstić information content (AvgIpc) is 1.94. The first-order chi connectivity index (χ1) is 5.06. The van der Waals surface area contributed by atoms with Gasteiger partial charge in [0.2, 0.25) is 0 Å². The maximum absolute atomic E-state index is 9.54. The molecule has 0 aromatic rings. The van der Waals surface area contributed by atoms with Crippen molar-refractivity contribution in [1.29, 1.82) is 0 Å². The molecule has 1 aliphatic heterocycles. The summed E-state index contributed by atoms with van der Waals surface area (Å²) in [6.45, 7) is 3.34. The average molecular weight is 162 g/mol. The molecule has 2 N–H and O–H groups in total. The van der Waals surface area contributed by atoms with Crippen LogP contribution in [0.15, 0.2) is 0 Å². The standard InChI is InChI=1S/C7H14O4/c1-5-10-4-7(2,9)6(3-8)11-5/h5-6,8-9H,3-4H2,1-2H3/t5-,6-,7-/m1/s1. The van der Waals surface area contributed by atoms with Crippen molar-refractivity contribution >= 4 is 0 Å². The summed E-state index contributed by atoms with van der Waals surface area (Å²) in [5, 5.41) is 18.3. The highest BCUT2D eigenvalue weighted by molar-refractivity contribution is 4.85. The van der Waals surface area contributed by atoms with Gasteiger partial charge in [0.05, 0.1) is 13.2 Å². The molecule has 1 saturated heterocycles. The second-order valence-corrected chi connectivity index (χ2v) is 3.04. The van der Waals surface area contributed by atoms with Crippen molar-refractivity contribution in [2.45, 2.75) is 31.8 Å². The molecule has 0 aliphatic carbocycles. The van der Waals surface area contributed by atoms with E-state index in [0.717, 1.165) is 0 Å².